The Hall–Kier alpha value is -1.28. The minimum absolute atomic E-state index is 0.00125. The molecule has 2 amide bonds. The number of amides is 2. The van der Waals surface area contributed by atoms with Crippen LogP contribution in [0.2, 0.25) is 0 Å². The number of halogens is 2. The lowest BCUT2D eigenvalue weighted by atomic mass is 9.66. The maximum atomic E-state index is 13.3. The molecule has 3 aliphatic heterocycles. The van der Waals surface area contributed by atoms with Gasteiger partial charge in [0.2, 0.25) is 17.7 Å². The first-order chi connectivity index (χ1) is 14.8. The van der Waals surface area contributed by atoms with Crippen LogP contribution in [0.1, 0.15) is 58.3 Å². The summed E-state index contributed by atoms with van der Waals surface area (Å²) in [6.45, 7) is 4.12. The summed E-state index contributed by atoms with van der Waals surface area (Å²) in [6.07, 6.45) is 4.71. The minimum atomic E-state index is -2.70. The fourth-order valence-electron chi connectivity index (χ4n) is 6.84. The quantitative estimate of drug-likeness (QED) is 0.730. The summed E-state index contributed by atoms with van der Waals surface area (Å²) in [6, 6.07) is -0.0216. The number of nitrogens with one attached hydrogen (secondary N) is 1. The maximum Gasteiger partial charge on any atom is 0.250 e. The van der Waals surface area contributed by atoms with Crippen LogP contribution in [0.15, 0.2) is 0 Å². The number of fused-ring (bicyclic) bond motifs is 1. The Bertz CT molecular complexity index is 716. The summed E-state index contributed by atoms with van der Waals surface area (Å²) < 4.78 is 38.5. The fraction of sp³-hybridized carbons (Fsp3) is 0.913. The standard InChI is InChI=1S/C23H34F2N2O4/c1-22(12-23(24,25)13-22)21(29)27-8-5-14(6-9-27)18-17(7-10-30-18)26-20(28)19-16-4-2-3-15(16)11-31-19/h14-19H,2-13H2,1H3,(H,26,28)/t15-,16-,17+,18-,19+/m0/s1. The van der Waals surface area contributed by atoms with E-state index in [-0.39, 0.29) is 48.8 Å². The van der Waals surface area contributed by atoms with Crippen LogP contribution in [-0.4, -0.2) is 67.2 Å². The average molecular weight is 441 g/mol. The van der Waals surface area contributed by atoms with E-state index in [1.165, 1.54) is 6.42 Å². The lowest BCUT2D eigenvalue weighted by molar-refractivity contribution is -0.184. The molecule has 5 rings (SSSR count). The van der Waals surface area contributed by atoms with Crippen molar-refractivity contribution in [1.29, 1.82) is 0 Å². The van der Waals surface area contributed by atoms with E-state index in [9.17, 15) is 18.4 Å². The summed E-state index contributed by atoms with van der Waals surface area (Å²) in [7, 11) is 0. The van der Waals surface area contributed by atoms with Crippen molar-refractivity contribution < 1.29 is 27.8 Å². The molecular weight excluding hydrogens is 406 g/mol. The Labute approximate surface area is 182 Å². The SMILES string of the molecule is CC1(C(=O)N2CCC([C@@H]3OCC[C@H]3NC(=O)[C@@H]3OC[C@@H]4CCC[C@@H]43)CC2)CC(F)(F)C1. The molecule has 0 aromatic rings. The third-order valence-electron chi connectivity index (χ3n) is 8.42. The van der Waals surface area contributed by atoms with Crippen molar-refractivity contribution in [1.82, 2.24) is 10.2 Å². The Morgan fingerprint density at radius 2 is 1.74 bits per heavy atom. The summed E-state index contributed by atoms with van der Waals surface area (Å²) in [5.74, 6) is -1.69. The number of likely N-dealkylation sites (tertiary alicyclic amines) is 1. The second-order valence-electron chi connectivity index (χ2n) is 10.7. The summed E-state index contributed by atoms with van der Waals surface area (Å²) in [5.41, 5.74) is -0.921. The van der Waals surface area contributed by atoms with Crippen LogP contribution >= 0.6 is 0 Å². The van der Waals surface area contributed by atoms with Crippen molar-refractivity contribution in [3.8, 4) is 0 Å². The van der Waals surface area contributed by atoms with Gasteiger partial charge in [-0.25, -0.2) is 8.78 Å². The van der Waals surface area contributed by atoms with Gasteiger partial charge in [-0.15, -0.1) is 0 Å². The highest BCUT2D eigenvalue weighted by Crippen LogP contribution is 2.53. The molecule has 6 nitrogen and oxygen atoms in total. The topological polar surface area (TPSA) is 67.9 Å². The third-order valence-corrected chi connectivity index (χ3v) is 8.42. The van der Waals surface area contributed by atoms with E-state index in [1.54, 1.807) is 11.8 Å². The smallest absolute Gasteiger partial charge is 0.250 e. The second-order valence-corrected chi connectivity index (χ2v) is 10.7. The molecule has 8 heteroatoms. The van der Waals surface area contributed by atoms with E-state index in [4.69, 9.17) is 9.47 Å². The van der Waals surface area contributed by atoms with E-state index < -0.39 is 11.3 Å². The van der Waals surface area contributed by atoms with E-state index in [1.807, 2.05) is 0 Å². The Morgan fingerprint density at radius 1 is 1.00 bits per heavy atom. The zero-order valence-corrected chi connectivity index (χ0v) is 18.3. The highest BCUT2D eigenvalue weighted by atomic mass is 19.3. The largest absolute Gasteiger partial charge is 0.376 e. The summed E-state index contributed by atoms with van der Waals surface area (Å²) in [4.78, 5) is 27.4. The number of ether oxygens (including phenoxy) is 2. The predicted molar refractivity (Wildman–Crippen MR) is 108 cm³/mol. The molecule has 2 saturated carbocycles. The number of hydrogen-bond acceptors (Lipinski definition) is 4. The zero-order chi connectivity index (χ0) is 21.8. The van der Waals surface area contributed by atoms with Crippen LogP contribution in [0, 0.1) is 23.2 Å². The van der Waals surface area contributed by atoms with Crippen molar-refractivity contribution in [2.75, 3.05) is 26.3 Å². The Balaban J connectivity index is 1.13. The van der Waals surface area contributed by atoms with Crippen LogP contribution in [-0.2, 0) is 19.1 Å². The monoisotopic (exact) mass is 440 g/mol. The molecule has 5 aliphatic rings. The molecule has 31 heavy (non-hydrogen) atoms. The second kappa shape index (κ2) is 7.94. The molecule has 3 heterocycles. The van der Waals surface area contributed by atoms with Crippen molar-refractivity contribution in [2.45, 2.75) is 82.5 Å². The Morgan fingerprint density at radius 3 is 2.45 bits per heavy atom. The van der Waals surface area contributed by atoms with Gasteiger partial charge in [-0.3, -0.25) is 9.59 Å². The zero-order valence-electron chi connectivity index (χ0n) is 18.3. The highest BCUT2D eigenvalue weighted by Gasteiger charge is 2.59. The van der Waals surface area contributed by atoms with Gasteiger partial charge in [-0.2, -0.15) is 0 Å². The molecule has 2 aliphatic carbocycles. The van der Waals surface area contributed by atoms with Crippen LogP contribution in [0.4, 0.5) is 8.78 Å². The first-order valence-electron chi connectivity index (χ1n) is 12.0. The molecule has 0 spiro atoms. The van der Waals surface area contributed by atoms with Gasteiger partial charge in [-0.05, 0) is 49.9 Å². The van der Waals surface area contributed by atoms with Gasteiger partial charge < -0.3 is 19.7 Å². The number of alkyl halides is 2. The van der Waals surface area contributed by atoms with Crippen molar-refractivity contribution in [2.24, 2.45) is 23.2 Å². The molecular formula is C23H34F2N2O4. The summed E-state index contributed by atoms with van der Waals surface area (Å²) >= 11 is 0. The third kappa shape index (κ3) is 3.99. The Kier molecular flexibility index (Phi) is 5.52. The molecule has 0 unspecified atom stereocenters. The number of piperidine rings is 1. The van der Waals surface area contributed by atoms with Gasteiger partial charge in [0.05, 0.1) is 24.2 Å². The number of hydrogen-bond donors (Lipinski definition) is 1. The van der Waals surface area contributed by atoms with E-state index >= 15 is 0 Å². The normalized spacial score (nSPS) is 39.2. The van der Waals surface area contributed by atoms with Gasteiger partial charge in [0.1, 0.15) is 6.10 Å². The van der Waals surface area contributed by atoms with E-state index in [0.29, 0.717) is 38.1 Å². The minimum Gasteiger partial charge on any atom is -0.376 e. The van der Waals surface area contributed by atoms with Crippen molar-refractivity contribution in [3.05, 3.63) is 0 Å². The van der Waals surface area contributed by atoms with Crippen LogP contribution < -0.4 is 5.32 Å². The van der Waals surface area contributed by atoms with Crippen molar-refractivity contribution in [3.63, 3.8) is 0 Å². The lowest BCUT2D eigenvalue weighted by Gasteiger charge is -2.47. The number of rotatable bonds is 4. The highest BCUT2D eigenvalue weighted by molar-refractivity contribution is 5.84. The van der Waals surface area contributed by atoms with Crippen LogP contribution in [0.5, 0.6) is 0 Å². The molecule has 1 N–H and O–H groups in total. The van der Waals surface area contributed by atoms with Gasteiger partial charge in [0, 0.05) is 32.5 Å². The predicted octanol–water partition coefficient (Wildman–Crippen LogP) is 2.75. The molecule has 0 bridgehead atoms. The maximum absolute atomic E-state index is 13.3. The van der Waals surface area contributed by atoms with Gasteiger partial charge in [-0.1, -0.05) is 13.3 Å². The first kappa shape index (κ1) is 21.6. The molecule has 3 saturated heterocycles. The number of nitrogens with zero attached hydrogens (tertiary/aromatic N) is 1. The van der Waals surface area contributed by atoms with Crippen LogP contribution in [0.25, 0.3) is 0 Å². The summed E-state index contributed by atoms with van der Waals surface area (Å²) in [5, 5.41) is 3.21. The van der Waals surface area contributed by atoms with Gasteiger partial charge in [0.25, 0.3) is 0 Å². The average Bonchev–Trinajstić information content (AvgIpc) is 3.43. The molecule has 0 aromatic heterocycles. The van der Waals surface area contributed by atoms with E-state index in [0.717, 1.165) is 32.1 Å². The van der Waals surface area contributed by atoms with Gasteiger partial charge in [0.15, 0.2) is 0 Å². The molecule has 5 fully saturated rings. The first-order valence-corrected chi connectivity index (χ1v) is 12.0. The molecule has 174 valence electrons. The van der Waals surface area contributed by atoms with Crippen molar-refractivity contribution >= 4 is 11.8 Å². The van der Waals surface area contributed by atoms with E-state index in [2.05, 4.69) is 5.32 Å². The molecule has 0 radical (unpaired) electrons. The number of carbonyl (C=O) groups is 2. The van der Waals surface area contributed by atoms with Gasteiger partial charge >= 0.3 is 0 Å². The fourth-order valence-corrected chi connectivity index (χ4v) is 6.84. The molecule has 0 aromatic carbocycles. The van der Waals surface area contributed by atoms with Crippen LogP contribution in [0.3, 0.4) is 0 Å². The number of carbonyl (C=O) groups excluding carboxylic acids is 2. The lowest BCUT2D eigenvalue weighted by Crippen LogP contribution is -2.56. The molecule has 5 atom stereocenters.